The standard InChI is InChI=1S/C13H18N2O2/c1-9-2-3-12(11(14)8-9)15-13(16)10-4-6-17-7-5-10/h2-3,8,10H,4-7,14H2,1H3,(H,15,16). The first-order valence-electron chi connectivity index (χ1n) is 5.91. The van der Waals surface area contributed by atoms with Crippen LogP contribution in [0.3, 0.4) is 0 Å². The molecule has 0 radical (unpaired) electrons. The van der Waals surface area contributed by atoms with Crippen molar-refractivity contribution in [2.24, 2.45) is 5.92 Å². The third-order valence-corrected chi connectivity index (χ3v) is 3.06. The van der Waals surface area contributed by atoms with E-state index in [0.29, 0.717) is 24.6 Å². The molecule has 2 rings (SSSR count). The molecule has 0 unspecified atom stereocenters. The lowest BCUT2D eigenvalue weighted by Crippen LogP contribution is -2.28. The van der Waals surface area contributed by atoms with Crippen molar-refractivity contribution in [1.29, 1.82) is 0 Å². The normalized spacial score (nSPS) is 16.8. The smallest absolute Gasteiger partial charge is 0.227 e. The number of carbonyl (C=O) groups is 1. The molecule has 1 aromatic rings. The van der Waals surface area contributed by atoms with Crippen LogP contribution in [0.25, 0.3) is 0 Å². The molecule has 1 aliphatic rings. The van der Waals surface area contributed by atoms with Crippen LogP contribution >= 0.6 is 0 Å². The highest BCUT2D eigenvalue weighted by atomic mass is 16.5. The zero-order valence-corrected chi connectivity index (χ0v) is 10.0. The van der Waals surface area contributed by atoms with Gasteiger partial charge in [0.05, 0.1) is 11.4 Å². The fourth-order valence-electron chi connectivity index (χ4n) is 1.99. The summed E-state index contributed by atoms with van der Waals surface area (Å²) < 4.78 is 5.23. The molecule has 4 heteroatoms. The first-order chi connectivity index (χ1) is 8.16. The minimum atomic E-state index is 0.0452. The summed E-state index contributed by atoms with van der Waals surface area (Å²) in [7, 11) is 0. The Balaban J connectivity index is 2.02. The molecule has 92 valence electrons. The van der Waals surface area contributed by atoms with Crippen LogP contribution in [0.5, 0.6) is 0 Å². The molecule has 0 atom stereocenters. The number of nitrogens with two attached hydrogens (primary N) is 1. The predicted molar refractivity (Wildman–Crippen MR) is 67.8 cm³/mol. The van der Waals surface area contributed by atoms with Crippen LogP contribution < -0.4 is 11.1 Å². The molecule has 1 amide bonds. The van der Waals surface area contributed by atoms with Gasteiger partial charge < -0.3 is 15.8 Å². The van der Waals surface area contributed by atoms with Gasteiger partial charge in [-0.15, -0.1) is 0 Å². The summed E-state index contributed by atoms with van der Waals surface area (Å²) in [5.74, 6) is 0.0910. The van der Waals surface area contributed by atoms with E-state index in [1.54, 1.807) is 0 Å². The number of nitrogen functional groups attached to an aromatic ring is 1. The van der Waals surface area contributed by atoms with Crippen molar-refractivity contribution >= 4 is 17.3 Å². The van der Waals surface area contributed by atoms with Gasteiger partial charge in [-0.2, -0.15) is 0 Å². The average Bonchev–Trinajstić information content (AvgIpc) is 2.34. The molecular formula is C13H18N2O2. The molecular weight excluding hydrogens is 216 g/mol. The Morgan fingerprint density at radius 3 is 2.76 bits per heavy atom. The summed E-state index contributed by atoms with van der Waals surface area (Å²) >= 11 is 0. The highest BCUT2D eigenvalue weighted by molar-refractivity contribution is 5.95. The molecule has 1 saturated heterocycles. The summed E-state index contributed by atoms with van der Waals surface area (Å²) in [5.41, 5.74) is 8.27. The Labute approximate surface area is 101 Å². The summed E-state index contributed by atoms with van der Waals surface area (Å²) in [6.07, 6.45) is 1.58. The third-order valence-electron chi connectivity index (χ3n) is 3.06. The molecule has 0 spiro atoms. The lowest BCUT2D eigenvalue weighted by Gasteiger charge is -2.21. The SMILES string of the molecule is Cc1ccc(NC(=O)C2CCOCC2)c(N)c1. The Bertz CT molecular complexity index is 412. The van der Waals surface area contributed by atoms with Crippen LogP contribution in [0.4, 0.5) is 11.4 Å². The van der Waals surface area contributed by atoms with Crippen molar-refractivity contribution in [3.63, 3.8) is 0 Å². The van der Waals surface area contributed by atoms with Crippen molar-refractivity contribution in [1.82, 2.24) is 0 Å². The quantitative estimate of drug-likeness (QED) is 0.769. The van der Waals surface area contributed by atoms with Gasteiger partial charge in [0, 0.05) is 19.1 Å². The van der Waals surface area contributed by atoms with Crippen LogP contribution in [0.15, 0.2) is 18.2 Å². The molecule has 0 aliphatic carbocycles. The number of carbonyl (C=O) groups excluding carboxylic acids is 1. The van der Waals surface area contributed by atoms with Gasteiger partial charge in [0.1, 0.15) is 0 Å². The number of nitrogens with one attached hydrogen (secondary N) is 1. The summed E-state index contributed by atoms with van der Waals surface area (Å²) in [4.78, 5) is 12.0. The van der Waals surface area contributed by atoms with E-state index >= 15 is 0 Å². The number of hydrogen-bond acceptors (Lipinski definition) is 3. The summed E-state index contributed by atoms with van der Waals surface area (Å²) in [6.45, 7) is 3.31. The van der Waals surface area contributed by atoms with Gasteiger partial charge in [-0.1, -0.05) is 6.07 Å². The largest absolute Gasteiger partial charge is 0.397 e. The van der Waals surface area contributed by atoms with Gasteiger partial charge in [-0.05, 0) is 37.5 Å². The van der Waals surface area contributed by atoms with Gasteiger partial charge in [0.15, 0.2) is 0 Å². The van der Waals surface area contributed by atoms with Crippen molar-refractivity contribution in [3.05, 3.63) is 23.8 Å². The average molecular weight is 234 g/mol. The zero-order valence-electron chi connectivity index (χ0n) is 10.0. The molecule has 0 aromatic heterocycles. The first kappa shape index (κ1) is 11.9. The highest BCUT2D eigenvalue weighted by Gasteiger charge is 2.21. The van der Waals surface area contributed by atoms with Crippen LogP contribution in [0.2, 0.25) is 0 Å². The van der Waals surface area contributed by atoms with Gasteiger partial charge in [-0.25, -0.2) is 0 Å². The number of hydrogen-bond donors (Lipinski definition) is 2. The molecule has 1 fully saturated rings. The highest BCUT2D eigenvalue weighted by Crippen LogP contribution is 2.22. The molecule has 3 N–H and O–H groups in total. The van der Waals surface area contributed by atoms with Crippen LogP contribution in [0.1, 0.15) is 18.4 Å². The van der Waals surface area contributed by atoms with Crippen molar-refractivity contribution < 1.29 is 9.53 Å². The second-order valence-electron chi connectivity index (χ2n) is 4.47. The van der Waals surface area contributed by atoms with Gasteiger partial charge in [-0.3, -0.25) is 4.79 Å². The second-order valence-corrected chi connectivity index (χ2v) is 4.47. The molecule has 17 heavy (non-hydrogen) atoms. The van der Waals surface area contributed by atoms with Crippen LogP contribution in [-0.4, -0.2) is 19.1 Å². The van der Waals surface area contributed by atoms with E-state index in [0.717, 1.165) is 18.4 Å². The Morgan fingerprint density at radius 2 is 2.12 bits per heavy atom. The lowest BCUT2D eigenvalue weighted by molar-refractivity contribution is -0.122. The number of ether oxygens (including phenoxy) is 1. The number of benzene rings is 1. The number of aryl methyl sites for hydroxylation is 1. The molecule has 4 nitrogen and oxygen atoms in total. The lowest BCUT2D eigenvalue weighted by atomic mass is 9.99. The van der Waals surface area contributed by atoms with E-state index in [1.165, 1.54) is 0 Å². The van der Waals surface area contributed by atoms with E-state index in [9.17, 15) is 4.79 Å². The van der Waals surface area contributed by atoms with Crippen molar-refractivity contribution in [2.75, 3.05) is 24.3 Å². The molecule has 0 bridgehead atoms. The molecule has 1 aliphatic heterocycles. The molecule has 1 heterocycles. The minimum Gasteiger partial charge on any atom is -0.397 e. The van der Waals surface area contributed by atoms with E-state index in [-0.39, 0.29) is 11.8 Å². The van der Waals surface area contributed by atoms with Crippen LogP contribution in [-0.2, 0) is 9.53 Å². The van der Waals surface area contributed by atoms with Gasteiger partial charge >= 0.3 is 0 Å². The van der Waals surface area contributed by atoms with E-state index < -0.39 is 0 Å². The maximum absolute atomic E-state index is 12.0. The van der Waals surface area contributed by atoms with Crippen molar-refractivity contribution in [3.8, 4) is 0 Å². The van der Waals surface area contributed by atoms with Crippen LogP contribution in [0, 0.1) is 12.8 Å². The monoisotopic (exact) mass is 234 g/mol. The van der Waals surface area contributed by atoms with E-state index in [1.807, 2.05) is 25.1 Å². The van der Waals surface area contributed by atoms with Gasteiger partial charge in [0.2, 0.25) is 5.91 Å². The van der Waals surface area contributed by atoms with Crippen molar-refractivity contribution in [2.45, 2.75) is 19.8 Å². The fourth-order valence-corrected chi connectivity index (χ4v) is 1.99. The molecule has 0 saturated carbocycles. The maximum Gasteiger partial charge on any atom is 0.227 e. The summed E-state index contributed by atoms with van der Waals surface area (Å²) in [6, 6.07) is 5.65. The maximum atomic E-state index is 12.0. The number of anilines is 2. The number of amides is 1. The van der Waals surface area contributed by atoms with E-state index in [2.05, 4.69) is 5.32 Å². The molecule has 1 aromatic carbocycles. The minimum absolute atomic E-state index is 0.0452. The Morgan fingerprint density at radius 1 is 1.41 bits per heavy atom. The fraction of sp³-hybridized carbons (Fsp3) is 0.462. The Hall–Kier alpha value is -1.55. The Kier molecular flexibility index (Phi) is 3.64. The second kappa shape index (κ2) is 5.19. The topological polar surface area (TPSA) is 64.3 Å². The van der Waals surface area contributed by atoms with Gasteiger partial charge in [0.25, 0.3) is 0 Å². The number of rotatable bonds is 2. The first-order valence-corrected chi connectivity index (χ1v) is 5.91. The van der Waals surface area contributed by atoms with E-state index in [4.69, 9.17) is 10.5 Å². The third kappa shape index (κ3) is 2.97. The summed E-state index contributed by atoms with van der Waals surface area (Å²) in [5, 5.41) is 2.89. The zero-order chi connectivity index (χ0) is 12.3. The predicted octanol–water partition coefficient (Wildman–Crippen LogP) is 1.94.